The fourth-order valence-corrected chi connectivity index (χ4v) is 2.64. The Morgan fingerprint density at radius 1 is 1.23 bits per heavy atom. The number of nitrogens with zero attached hydrogens (tertiary/aromatic N) is 2. The summed E-state index contributed by atoms with van der Waals surface area (Å²) in [5, 5.41) is 13.5. The summed E-state index contributed by atoms with van der Waals surface area (Å²) in [6.45, 7) is -0.685. The van der Waals surface area contributed by atoms with E-state index in [-0.39, 0.29) is 24.1 Å². The van der Waals surface area contributed by atoms with Gasteiger partial charge in [0.15, 0.2) is 6.61 Å². The number of esters is 1. The Hall–Kier alpha value is -4.15. The van der Waals surface area contributed by atoms with Crippen molar-refractivity contribution < 1.29 is 23.6 Å². The van der Waals surface area contributed by atoms with Gasteiger partial charge >= 0.3 is 5.97 Å². The summed E-state index contributed by atoms with van der Waals surface area (Å²) in [4.78, 5) is 52.6. The zero-order valence-corrected chi connectivity index (χ0v) is 15.4. The maximum absolute atomic E-state index is 13.1. The molecule has 0 unspecified atom stereocenters. The zero-order chi connectivity index (χ0) is 21.7. The number of anilines is 1. The highest BCUT2D eigenvalue weighted by atomic mass is 19.1. The monoisotopic (exact) mass is 414 g/mol. The third kappa shape index (κ3) is 5.01. The maximum atomic E-state index is 13.1. The van der Waals surface area contributed by atoms with Crippen LogP contribution in [0.2, 0.25) is 0 Å². The van der Waals surface area contributed by atoms with Crippen LogP contribution >= 0.6 is 0 Å². The molecule has 0 fully saturated rings. The van der Waals surface area contributed by atoms with Gasteiger partial charge in [-0.25, -0.2) is 9.37 Å². The first-order valence-corrected chi connectivity index (χ1v) is 8.71. The second-order valence-electron chi connectivity index (χ2n) is 6.16. The smallest absolute Gasteiger partial charge is 0.306 e. The largest absolute Gasteiger partial charge is 0.456 e. The molecule has 154 valence electrons. The second-order valence-corrected chi connectivity index (χ2v) is 6.16. The highest BCUT2D eigenvalue weighted by Gasteiger charge is 2.18. The van der Waals surface area contributed by atoms with Crippen molar-refractivity contribution in [2.45, 2.75) is 12.8 Å². The van der Waals surface area contributed by atoms with E-state index in [9.17, 15) is 28.9 Å². The molecule has 2 N–H and O–H groups in total. The van der Waals surface area contributed by atoms with Crippen LogP contribution in [-0.4, -0.2) is 33.4 Å². The SMILES string of the molecule is O=C(COC(=O)CCc1nc2ccccc2c(=O)[nH]1)Nc1ccc(F)cc1[N+](=O)[O-]. The van der Waals surface area contributed by atoms with E-state index in [2.05, 4.69) is 15.3 Å². The number of carbonyl (C=O) groups is 2. The molecule has 0 aliphatic heterocycles. The van der Waals surface area contributed by atoms with Gasteiger partial charge < -0.3 is 15.0 Å². The molecule has 10 nitrogen and oxygen atoms in total. The number of hydrogen-bond acceptors (Lipinski definition) is 7. The number of nitrogens with one attached hydrogen (secondary N) is 2. The average molecular weight is 414 g/mol. The second kappa shape index (κ2) is 8.90. The van der Waals surface area contributed by atoms with Crippen LogP contribution in [0, 0.1) is 15.9 Å². The van der Waals surface area contributed by atoms with E-state index < -0.39 is 34.9 Å². The Morgan fingerprint density at radius 3 is 2.77 bits per heavy atom. The van der Waals surface area contributed by atoms with E-state index >= 15 is 0 Å². The molecule has 0 saturated carbocycles. The number of ether oxygens (including phenoxy) is 1. The van der Waals surface area contributed by atoms with Crippen LogP contribution in [0.25, 0.3) is 10.9 Å². The Bertz CT molecular complexity index is 1190. The summed E-state index contributed by atoms with van der Waals surface area (Å²) in [5.74, 6) is -2.08. The summed E-state index contributed by atoms with van der Waals surface area (Å²) < 4.78 is 17.9. The lowest BCUT2D eigenvalue weighted by Gasteiger charge is -2.07. The van der Waals surface area contributed by atoms with Crippen molar-refractivity contribution in [1.29, 1.82) is 0 Å². The lowest BCUT2D eigenvalue weighted by Crippen LogP contribution is -2.22. The van der Waals surface area contributed by atoms with E-state index in [1.165, 1.54) is 0 Å². The van der Waals surface area contributed by atoms with Gasteiger partial charge in [0.2, 0.25) is 0 Å². The number of carbonyl (C=O) groups excluding carboxylic acids is 2. The van der Waals surface area contributed by atoms with Crippen LogP contribution in [0.3, 0.4) is 0 Å². The maximum Gasteiger partial charge on any atom is 0.306 e. The molecule has 0 aliphatic carbocycles. The topological polar surface area (TPSA) is 144 Å². The molecule has 0 bridgehead atoms. The number of benzene rings is 2. The number of para-hydroxylation sites is 1. The number of aryl methyl sites for hydroxylation is 1. The normalized spacial score (nSPS) is 10.6. The molecular formula is C19H15FN4O6. The number of rotatable bonds is 7. The van der Waals surface area contributed by atoms with Gasteiger partial charge in [0.25, 0.3) is 17.2 Å². The minimum absolute atomic E-state index is 0.0873. The Kier molecular flexibility index (Phi) is 6.11. The van der Waals surface area contributed by atoms with Crippen LogP contribution in [-0.2, 0) is 20.7 Å². The summed E-state index contributed by atoms with van der Waals surface area (Å²) in [7, 11) is 0. The van der Waals surface area contributed by atoms with E-state index in [0.717, 1.165) is 12.1 Å². The number of aromatic nitrogens is 2. The molecule has 0 radical (unpaired) electrons. The predicted molar refractivity (Wildman–Crippen MR) is 103 cm³/mol. The first-order chi connectivity index (χ1) is 14.3. The van der Waals surface area contributed by atoms with Crippen molar-refractivity contribution in [3.8, 4) is 0 Å². The van der Waals surface area contributed by atoms with Crippen LogP contribution in [0.4, 0.5) is 15.8 Å². The number of nitro benzene ring substituents is 1. The standard InChI is InChI=1S/C19H15FN4O6/c20-11-5-6-14(15(9-11)24(28)29)22-17(25)10-30-18(26)8-7-16-21-13-4-2-1-3-12(13)19(27)23-16/h1-6,9H,7-8,10H2,(H,22,25)(H,21,23,27). The van der Waals surface area contributed by atoms with Crippen molar-refractivity contribution in [2.24, 2.45) is 0 Å². The molecule has 1 heterocycles. The lowest BCUT2D eigenvalue weighted by molar-refractivity contribution is -0.384. The van der Waals surface area contributed by atoms with Gasteiger partial charge in [-0.3, -0.25) is 24.5 Å². The van der Waals surface area contributed by atoms with Crippen LogP contribution < -0.4 is 10.9 Å². The molecule has 3 aromatic rings. The molecule has 11 heteroatoms. The first kappa shape index (κ1) is 20.6. The lowest BCUT2D eigenvalue weighted by atomic mass is 10.2. The van der Waals surface area contributed by atoms with Gasteiger partial charge in [0.05, 0.1) is 28.3 Å². The van der Waals surface area contributed by atoms with Gasteiger partial charge in [-0.2, -0.15) is 0 Å². The predicted octanol–water partition coefficient (Wildman–Crippen LogP) is 2.08. The number of halogens is 1. The van der Waals surface area contributed by atoms with E-state index in [1.54, 1.807) is 24.3 Å². The molecule has 0 spiro atoms. The van der Waals surface area contributed by atoms with Gasteiger partial charge in [0.1, 0.15) is 17.3 Å². The Labute approximate surface area is 167 Å². The zero-order valence-electron chi connectivity index (χ0n) is 15.4. The highest BCUT2D eigenvalue weighted by molar-refractivity contribution is 5.94. The number of amides is 1. The van der Waals surface area contributed by atoms with E-state index in [1.807, 2.05) is 0 Å². The third-order valence-corrected chi connectivity index (χ3v) is 4.02. The van der Waals surface area contributed by atoms with E-state index in [4.69, 9.17) is 4.74 Å². The molecular weight excluding hydrogens is 399 g/mol. The van der Waals surface area contributed by atoms with Crippen molar-refractivity contribution in [3.05, 3.63) is 74.6 Å². The minimum Gasteiger partial charge on any atom is -0.456 e. The molecule has 3 rings (SSSR count). The van der Waals surface area contributed by atoms with Crippen molar-refractivity contribution in [1.82, 2.24) is 9.97 Å². The number of aromatic amines is 1. The molecule has 0 atom stereocenters. The van der Waals surface area contributed by atoms with Crippen LogP contribution in [0.15, 0.2) is 47.3 Å². The summed E-state index contributed by atoms with van der Waals surface area (Å²) in [6, 6.07) is 9.40. The van der Waals surface area contributed by atoms with Gasteiger partial charge in [-0.05, 0) is 24.3 Å². The Morgan fingerprint density at radius 2 is 2.00 bits per heavy atom. The molecule has 2 aromatic carbocycles. The molecule has 0 aliphatic rings. The number of hydrogen-bond donors (Lipinski definition) is 2. The molecule has 0 saturated heterocycles. The molecule has 1 aromatic heterocycles. The van der Waals surface area contributed by atoms with Gasteiger partial charge in [-0.15, -0.1) is 0 Å². The van der Waals surface area contributed by atoms with Crippen LogP contribution in [0.5, 0.6) is 0 Å². The quantitative estimate of drug-likeness (QED) is 0.342. The van der Waals surface area contributed by atoms with Crippen LogP contribution in [0.1, 0.15) is 12.2 Å². The van der Waals surface area contributed by atoms with Gasteiger partial charge in [0, 0.05) is 6.42 Å². The summed E-state index contributed by atoms with van der Waals surface area (Å²) in [5.41, 5.74) is -0.685. The summed E-state index contributed by atoms with van der Waals surface area (Å²) in [6.07, 6.45) is -0.0603. The summed E-state index contributed by atoms with van der Waals surface area (Å²) >= 11 is 0. The molecule has 1 amide bonds. The van der Waals surface area contributed by atoms with Gasteiger partial charge in [-0.1, -0.05) is 12.1 Å². The van der Waals surface area contributed by atoms with Crippen molar-refractivity contribution in [3.63, 3.8) is 0 Å². The fraction of sp³-hybridized carbons (Fsp3) is 0.158. The average Bonchev–Trinajstić information content (AvgIpc) is 2.72. The highest BCUT2D eigenvalue weighted by Crippen LogP contribution is 2.24. The third-order valence-electron chi connectivity index (χ3n) is 4.02. The number of nitro groups is 1. The first-order valence-electron chi connectivity index (χ1n) is 8.71. The Balaban J connectivity index is 1.53. The number of fused-ring (bicyclic) bond motifs is 1. The van der Waals surface area contributed by atoms with Crippen molar-refractivity contribution in [2.75, 3.05) is 11.9 Å². The minimum atomic E-state index is -0.845. The van der Waals surface area contributed by atoms with E-state index in [0.29, 0.717) is 22.8 Å². The van der Waals surface area contributed by atoms with Crippen molar-refractivity contribution >= 4 is 34.2 Å². The number of H-pyrrole nitrogens is 1. The molecule has 30 heavy (non-hydrogen) atoms. The fourth-order valence-electron chi connectivity index (χ4n) is 2.64.